The van der Waals surface area contributed by atoms with E-state index in [2.05, 4.69) is 32.9 Å². The van der Waals surface area contributed by atoms with Crippen LogP contribution in [0.15, 0.2) is 102 Å². The van der Waals surface area contributed by atoms with Crippen LogP contribution in [0.25, 0.3) is 28.7 Å². The quantitative estimate of drug-likeness (QED) is 0.151. The normalized spacial score (nSPS) is 11.1. The minimum absolute atomic E-state index is 0.267. The van der Waals surface area contributed by atoms with Crippen LogP contribution in [0.4, 0.5) is 0 Å². The highest BCUT2D eigenvalue weighted by molar-refractivity contribution is 5.89. The lowest BCUT2D eigenvalue weighted by molar-refractivity contribution is -0.137. The Morgan fingerprint density at radius 2 is 1.72 bits per heavy atom. The summed E-state index contributed by atoms with van der Waals surface area (Å²) >= 11 is 0. The molecule has 7 nitrogen and oxygen atoms in total. The molecule has 0 saturated carbocycles. The van der Waals surface area contributed by atoms with Gasteiger partial charge in [0.25, 0.3) is 0 Å². The van der Waals surface area contributed by atoms with Crippen LogP contribution in [-0.4, -0.2) is 27.1 Å². The molecule has 0 bridgehead atoms. The Morgan fingerprint density at radius 1 is 0.974 bits per heavy atom. The smallest absolute Gasteiger partial charge is 0.330 e. The zero-order chi connectivity index (χ0) is 27.0. The van der Waals surface area contributed by atoms with Crippen molar-refractivity contribution in [2.75, 3.05) is 6.61 Å². The van der Waals surface area contributed by atoms with Crippen LogP contribution >= 0.6 is 0 Å². The van der Waals surface area contributed by atoms with Crippen LogP contribution in [-0.2, 0) is 22.7 Å². The summed E-state index contributed by atoms with van der Waals surface area (Å²) in [6, 6.07) is 23.7. The molecule has 0 N–H and O–H groups in total. The van der Waals surface area contributed by atoms with E-state index in [-0.39, 0.29) is 12.6 Å². The molecule has 0 saturated heterocycles. The second-order valence-corrected chi connectivity index (χ2v) is 8.93. The number of hydrogen-bond donors (Lipinski definition) is 0. The van der Waals surface area contributed by atoms with Gasteiger partial charge in [-0.25, -0.2) is 14.8 Å². The number of oxazole rings is 1. The molecular weight excluding hydrogens is 490 g/mol. The van der Waals surface area contributed by atoms with Crippen LogP contribution in [0.2, 0.25) is 0 Å². The van der Waals surface area contributed by atoms with Crippen LogP contribution < -0.4 is 4.74 Å². The minimum atomic E-state index is -0.360. The monoisotopic (exact) mass is 519 g/mol. The molecule has 3 heterocycles. The Balaban J connectivity index is 1.26. The molecule has 196 valence electrons. The Labute approximate surface area is 227 Å². The minimum Gasteiger partial charge on any atom is -0.471 e. The Kier molecular flexibility index (Phi) is 7.98. The standard InChI is InChI=1S/C32H29N3O4/c1-3-37-31(36)17-15-27-20-35(21-28(27)25-10-6-4-7-11-25)19-24-14-16-30(33-18-24)38-22-29-23(2)39-32(34-29)26-12-8-5-9-13-26/h4-18,20-21H,3,19,22H2,1-2H3/b17-15+. The van der Waals surface area contributed by atoms with Crippen molar-refractivity contribution in [1.29, 1.82) is 0 Å². The molecular formula is C32H29N3O4. The van der Waals surface area contributed by atoms with E-state index in [1.807, 2.05) is 73.8 Å². The summed E-state index contributed by atoms with van der Waals surface area (Å²) in [7, 11) is 0. The molecule has 0 amide bonds. The third-order valence-electron chi connectivity index (χ3n) is 6.11. The molecule has 7 heteroatoms. The number of esters is 1. The third kappa shape index (κ3) is 6.51. The average Bonchev–Trinajstić information content (AvgIpc) is 3.55. The summed E-state index contributed by atoms with van der Waals surface area (Å²) in [6.45, 7) is 4.89. The number of carbonyl (C=O) groups excluding carboxylic acids is 1. The van der Waals surface area contributed by atoms with Gasteiger partial charge in [0.1, 0.15) is 18.1 Å². The van der Waals surface area contributed by atoms with Crippen LogP contribution in [0.1, 0.15) is 29.5 Å². The van der Waals surface area contributed by atoms with Gasteiger partial charge in [-0.3, -0.25) is 0 Å². The van der Waals surface area contributed by atoms with E-state index in [4.69, 9.17) is 13.9 Å². The highest BCUT2D eigenvalue weighted by Crippen LogP contribution is 2.27. The van der Waals surface area contributed by atoms with E-state index in [0.29, 0.717) is 24.9 Å². The van der Waals surface area contributed by atoms with Crippen molar-refractivity contribution in [3.63, 3.8) is 0 Å². The molecule has 0 spiro atoms. The maximum Gasteiger partial charge on any atom is 0.330 e. The number of rotatable bonds is 10. The highest BCUT2D eigenvalue weighted by atomic mass is 16.5. The van der Waals surface area contributed by atoms with Gasteiger partial charge in [-0.15, -0.1) is 0 Å². The van der Waals surface area contributed by atoms with Crippen LogP contribution in [0, 0.1) is 6.92 Å². The maximum atomic E-state index is 11.9. The molecule has 0 atom stereocenters. The van der Waals surface area contributed by atoms with Crippen molar-refractivity contribution < 1.29 is 18.7 Å². The number of ether oxygens (including phenoxy) is 2. The van der Waals surface area contributed by atoms with Crippen molar-refractivity contribution in [1.82, 2.24) is 14.5 Å². The largest absolute Gasteiger partial charge is 0.471 e. The van der Waals surface area contributed by atoms with Gasteiger partial charge in [0.2, 0.25) is 11.8 Å². The van der Waals surface area contributed by atoms with E-state index in [9.17, 15) is 4.79 Å². The fraction of sp³-hybridized carbons (Fsp3) is 0.156. The van der Waals surface area contributed by atoms with E-state index in [0.717, 1.165) is 39.3 Å². The molecule has 0 unspecified atom stereocenters. The number of aryl methyl sites for hydroxylation is 1. The molecule has 0 aliphatic rings. The predicted molar refractivity (Wildman–Crippen MR) is 150 cm³/mol. The summed E-state index contributed by atoms with van der Waals surface area (Å²) in [4.78, 5) is 20.9. The fourth-order valence-corrected chi connectivity index (χ4v) is 4.17. The number of carbonyl (C=O) groups is 1. The zero-order valence-corrected chi connectivity index (χ0v) is 21.9. The lowest BCUT2D eigenvalue weighted by Crippen LogP contribution is -2.01. The second-order valence-electron chi connectivity index (χ2n) is 8.93. The summed E-state index contributed by atoms with van der Waals surface area (Å²) in [5.74, 6) is 1.45. The van der Waals surface area contributed by atoms with Gasteiger partial charge in [0.15, 0.2) is 0 Å². The SMILES string of the molecule is CCOC(=O)/C=C/c1cn(Cc2ccc(OCc3nc(-c4ccccc4)oc3C)nc2)cc1-c1ccccc1. The Morgan fingerprint density at radius 3 is 2.41 bits per heavy atom. The predicted octanol–water partition coefficient (Wildman–Crippen LogP) is 6.72. The molecule has 0 aliphatic heterocycles. The summed E-state index contributed by atoms with van der Waals surface area (Å²) in [5.41, 5.74) is 5.71. The lowest BCUT2D eigenvalue weighted by atomic mass is 10.0. The van der Waals surface area contributed by atoms with Gasteiger partial charge >= 0.3 is 5.97 Å². The fourth-order valence-electron chi connectivity index (χ4n) is 4.17. The van der Waals surface area contributed by atoms with Gasteiger partial charge in [-0.05, 0) is 43.2 Å². The van der Waals surface area contributed by atoms with Crippen molar-refractivity contribution in [2.45, 2.75) is 27.0 Å². The second kappa shape index (κ2) is 12.1. The number of aromatic nitrogens is 3. The number of pyridine rings is 1. The average molecular weight is 520 g/mol. The van der Waals surface area contributed by atoms with Crippen molar-refractivity contribution in [3.8, 4) is 28.5 Å². The first-order chi connectivity index (χ1) is 19.1. The third-order valence-corrected chi connectivity index (χ3v) is 6.11. The first-order valence-corrected chi connectivity index (χ1v) is 12.8. The Hall–Kier alpha value is -4.91. The zero-order valence-electron chi connectivity index (χ0n) is 21.9. The molecule has 0 radical (unpaired) electrons. The maximum absolute atomic E-state index is 11.9. The van der Waals surface area contributed by atoms with Gasteiger partial charge in [0.05, 0.1) is 6.61 Å². The van der Waals surface area contributed by atoms with Gasteiger partial charge in [0, 0.05) is 54.0 Å². The first kappa shape index (κ1) is 25.7. The number of hydrogen-bond acceptors (Lipinski definition) is 6. The van der Waals surface area contributed by atoms with Gasteiger partial charge in [-0.1, -0.05) is 54.6 Å². The topological polar surface area (TPSA) is 79.4 Å². The van der Waals surface area contributed by atoms with E-state index in [1.54, 1.807) is 19.2 Å². The lowest BCUT2D eigenvalue weighted by Gasteiger charge is -2.06. The molecule has 0 fully saturated rings. The van der Waals surface area contributed by atoms with Crippen LogP contribution in [0.3, 0.4) is 0 Å². The van der Waals surface area contributed by atoms with E-state index in [1.165, 1.54) is 6.08 Å². The number of nitrogens with zero attached hydrogens (tertiary/aromatic N) is 3. The van der Waals surface area contributed by atoms with Crippen molar-refractivity contribution >= 4 is 12.0 Å². The van der Waals surface area contributed by atoms with Crippen molar-refractivity contribution in [3.05, 3.63) is 120 Å². The van der Waals surface area contributed by atoms with Crippen molar-refractivity contribution in [2.24, 2.45) is 0 Å². The first-order valence-electron chi connectivity index (χ1n) is 12.8. The Bertz CT molecular complexity index is 1550. The molecule has 39 heavy (non-hydrogen) atoms. The molecule has 0 aliphatic carbocycles. The summed E-state index contributed by atoms with van der Waals surface area (Å²) in [5, 5.41) is 0. The van der Waals surface area contributed by atoms with E-state index >= 15 is 0 Å². The molecule has 5 rings (SSSR count). The van der Waals surface area contributed by atoms with Crippen LogP contribution in [0.5, 0.6) is 5.88 Å². The highest BCUT2D eigenvalue weighted by Gasteiger charge is 2.13. The van der Waals surface area contributed by atoms with E-state index < -0.39 is 0 Å². The summed E-state index contributed by atoms with van der Waals surface area (Å²) in [6.07, 6.45) is 9.14. The van der Waals surface area contributed by atoms with Gasteiger partial charge in [-0.2, -0.15) is 0 Å². The number of benzene rings is 2. The van der Waals surface area contributed by atoms with Gasteiger partial charge < -0.3 is 18.5 Å². The molecule has 3 aromatic heterocycles. The summed E-state index contributed by atoms with van der Waals surface area (Å²) < 4.78 is 18.8. The molecule has 5 aromatic rings. The molecule has 2 aromatic carbocycles.